The molecule has 160 valence electrons. The molecule has 8 heteroatoms. The second-order valence-electron chi connectivity index (χ2n) is 7.78. The van der Waals surface area contributed by atoms with Crippen molar-refractivity contribution in [2.45, 2.75) is 30.6 Å². The van der Waals surface area contributed by atoms with Crippen molar-refractivity contribution in [3.05, 3.63) is 48.3 Å². The number of carbonyl (C=O) groups excluding carboxylic acids is 1. The van der Waals surface area contributed by atoms with Gasteiger partial charge in [-0.05, 0) is 63.2 Å². The number of halogens is 1. The molecule has 0 radical (unpaired) electrons. The smallest absolute Gasteiger partial charge is 0.265 e. The Hall–Kier alpha value is -2.45. The Morgan fingerprint density at radius 1 is 1.03 bits per heavy atom. The zero-order valence-electron chi connectivity index (χ0n) is 16.8. The van der Waals surface area contributed by atoms with Gasteiger partial charge in [-0.2, -0.15) is 0 Å². The summed E-state index contributed by atoms with van der Waals surface area (Å²) in [5, 5.41) is 2.83. The Bertz CT molecular complexity index is 1040. The Balaban J connectivity index is 1.46. The van der Waals surface area contributed by atoms with Crippen molar-refractivity contribution in [2.24, 2.45) is 0 Å². The van der Waals surface area contributed by atoms with Gasteiger partial charge in [0, 0.05) is 17.7 Å². The maximum absolute atomic E-state index is 13.9. The summed E-state index contributed by atoms with van der Waals surface area (Å²) in [5.41, 5.74) is 1.24. The lowest BCUT2D eigenvalue weighted by molar-refractivity contribution is -0.119. The molecule has 1 fully saturated rings. The molecule has 30 heavy (non-hydrogen) atoms. The number of carbonyl (C=O) groups is 1. The summed E-state index contributed by atoms with van der Waals surface area (Å²) < 4.78 is 41.3. The molecule has 0 atom stereocenters. The van der Waals surface area contributed by atoms with E-state index in [1.165, 1.54) is 43.5 Å². The minimum Gasteiger partial charge on any atom is -0.354 e. The molecular formula is C22H26FN3O3S. The molecule has 0 unspecified atom stereocenters. The maximum atomic E-state index is 13.9. The van der Waals surface area contributed by atoms with Gasteiger partial charge in [0.1, 0.15) is 12.4 Å². The molecule has 1 amide bonds. The molecular weight excluding hydrogens is 405 g/mol. The Morgan fingerprint density at radius 2 is 1.80 bits per heavy atom. The fourth-order valence-electron chi connectivity index (χ4n) is 4.17. The second-order valence-corrected chi connectivity index (χ2v) is 9.61. The highest BCUT2D eigenvalue weighted by Gasteiger charge is 2.36. The number of sulfonamides is 1. The standard InChI is InChI=1S/C22H26FN3O3S/c23-17-9-10-20-19(15-17)18-7-2-3-8-21(18)30(28,29)26(20)16-22(27)24-11-6-14-25-12-4-1-5-13-25/h2-3,7-10,15H,1,4-6,11-14,16H2,(H,24,27). The number of hydrogen-bond donors (Lipinski definition) is 1. The Morgan fingerprint density at radius 3 is 2.60 bits per heavy atom. The van der Waals surface area contributed by atoms with Crippen molar-refractivity contribution >= 4 is 21.6 Å². The average molecular weight is 432 g/mol. The van der Waals surface area contributed by atoms with Crippen LogP contribution < -0.4 is 9.62 Å². The molecule has 4 rings (SSSR count). The Labute approximate surface area is 176 Å². The van der Waals surface area contributed by atoms with Crippen LogP contribution in [-0.2, 0) is 14.8 Å². The molecule has 1 N–H and O–H groups in total. The molecule has 6 nitrogen and oxygen atoms in total. The van der Waals surface area contributed by atoms with Crippen LogP contribution in [0.4, 0.5) is 10.1 Å². The fourth-order valence-corrected chi connectivity index (χ4v) is 5.82. The third kappa shape index (κ3) is 4.20. The van der Waals surface area contributed by atoms with Gasteiger partial charge in [-0.25, -0.2) is 12.8 Å². The van der Waals surface area contributed by atoms with E-state index >= 15 is 0 Å². The van der Waals surface area contributed by atoms with Crippen LogP contribution >= 0.6 is 0 Å². The first-order valence-corrected chi connectivity index (χ1v) is 11.8. The van der Waals surface area contributed by atoms with E-state index in [2.05, 4.69) is 10.2 Å². The number of benzene rings is 2. The largest absolute Gasteiger partial charge is 0.354 e. The van der Waals surface area contributed by atoms with Crippen molar-refractivity contribution in [2.75, 3.05) is 37.0 Å². The van der Waals surface area contributed by atoms with Gasteiger partial charge in [-0.3, -0.25) is 9.10 Å². The highest BCUT2D eigenvalue weighted by Crippen LogP contribution is 2.42. The van der Waals surface area contributed by atoms with Gasteiger partial charge in [-0.15, -0.1) is 0 Å². The van der Waals surface area contributed by atoms with Crippen LogP contribution in [0.2, 0.25) is 0 Å². The average Bonchev–Trinajstić information content (AvgIpc) is 2.75. The second kappa shape index (κ2) is 8.73. The first-order chi connectivity index (χ1) is 14.5. The summed E-state index contributed by atoms with van der Waals surface area (Å²) in [6.45, 7) is 3.30. The van der Waals surface area contributed by atoms with E-state index in [9.17, 15) is 17.6 Å². The molecule has 2 aliphatic heterocycles. The highest BCUT2D eigenvalue weighted by molar-refractivity contribution is 7.93. The molecule has 0 aromatic heterocycles. The maximum Gasteiger partial charge on any atom is 0.265 e. The number of fused-ring (bicyclic) bond motifs is 3. The molecule has 0 aliphatic carbocycles. The minimum atomic E-state index is -3.91. The highest BCUT2D eigenvalue weighted by atomic mass is 32.2. The molecule has 2 aromatic rings. The van der Waals surface area contributed by atoms with E-state index in [1.54, 1.807) is 18.2 Å². The lowest BCUT2D eigenvalue weighted by Gasteiger charge is -2.31. The monoisotopic (exact) mass is 431 g/mol. The predicted octanol–water partition coefficient (Wildman–Crippen LogP) is 2.99. The number of piperidine rings is 1. The Kier molecular flexibility index (Phi) is 6.06. The first kappa shape index (κ1) is 20.8. The number of nitrogens with one attached hydrogen (secondary N) is 1. The molecule has 0 spiro atoms. The van der Waals surface area contributed by atoms with Crippen molar-refractivity contribution in [3.63, 3.8) is 0 Å². The van der Waals surface area contributed by atoms with Gasteiger partial charge < -0.3 is 10.2 Å². The first-order valence-electron chi connectivity index (χ1n) is 10.4. The fraction of sp³-hybridized carbons (Fsp3) is 0.409. The van der Waals surface area contributed by atoms with Crippen LogP contribution in [0, 0.1) is 5.82 Å². The van der Waals surface area contributed by atoms with Crippen molar-refractivity contribution < 1.29 is 17.6 Å². The summed E-state index contributed by atoms with van der Waals surface area (Å²) in [5.74, 6) is -0.822. The van der Waals surface area contributed by atoms with Gasteiger partial charge in [0.2, 0.25) is 5.91 Å². The van der Waals surface area contributed by atoms with Crippen LogP contribution in [-0.4, -0.2) is 51.9 Å². The lowest BCUT2D eigenvalue weighted by atomic mass is 10.0. The van der Waals surface area contributed by atoms with E-state index in [4.69, 9.17) is 0 Å². The van der Waals surface area contributed by atoms with Crippen molar-refractivity contribution in [1.29, 1.82) is 0 Å². The van der Waals surface area contributed by atoms with Gasteiger partial charge in [-0.1, -0.05) is 24.6 Å². The number of rotatable bonds is 6. The molecule has 1 saturated heterocycles. The topological polar surface area (TPSA) is 69.7 Å². The summed E-state index contributed by atoms with van der Waals surface area (Å²) in [6.07, 6.45) is 4.55. The van der Waals surface area contributed by atoms with Gasteiger partial charge in [0.15, 0.2) is 0 Å². The molecule has 2 aromatic carbocycles. The molecule has 2 aliphatic rings. The number of hydrogen-bond acceptors (Lipinski definition) is 4. The minimum absolute atomic E-state index is 0.0843. The van der Waals surface area contributed by atoms with Crippen LogP contribution in [0.3, 0.4) is 0 Å². The van der Waals surface area contributed by atoms with Crippen LogP contribution in [0.15, 0.2) is 47.4 Å². The van der Waals surface area contributed by atoms with Crippen LogP contribution in [0.25, 0.3) is 11.1 Å². The molecule has 2 heterocycles. The van der Waals surface area contributed by atoms with E-state index in [1.807, 2.05) is 0 Å². The normalized spacial score (nSPS) is 17.8. The van der Waals surface area contributed by atoms with Crippen LogP contribution in [0.1, 0.15) is 25.7 Å². The summed E-state index contributed by atoms with van der Waals surface area (Å²) in [6, 6.07) is 10.4. The number of amides is 1. The van der Waals surface area contributed by atoms with Gasteiger partial charge >= 0.3 is 0 Å². The number of likely N-dealkylation sites (tertiary alicyclic amines) is 1. The SMILES string of the molecule is O=C(CN1c2ccc(F)cc2-c2ccccc2S1(=O)=O)NCCCN1CCCCC1. The molecule has 0 saturated carbocycles. The van der Waals surface area contributed by atoms with E-state index in [-0.39, 0.29) is 17.3 Å². The zero-order valence-corrected chi connectivity index (χ0v) is 17.6. The van der Waals surface area contributed by atoms with Crippen molar-refractivity contribution in [1.82, 2.24) is 10.2 Å². The number of nitrogens with zero attached hydrogens (tertiary/aromatic N) is 2. The van der Waals surface area contributed by atoms with Crippen LogP contribution in [0.5, 0.6) is 0 Å². The third-order valence-corrected chi connectivity index (χ3v) is 7.50. The van der Waals surface area contributed by atoms with E-state index in [0.717, 1.165) is 30.4 Å². The quantitative estimate of drug-likeness (QED) is 0.714. The van der Waals surface area contributed by atoms with Gasteiger partial charge in [0.05, 0.1) is 10.6 Å². The molecule has 0 bridgehead atoms. The van der Waals surface area contributed by atoms with Gasteiger partial charge in [0.25, 0.3) is 10.0 Å². The zero-order chi connectivity index (χ0) is 21.1. The lowest BCUT2D eigenvalue weighted by Crippen LogP contribution is -2.43. The van der Waals surface area contributed by atoms with Crippen molar-refractivity contribution in [3.8, 4) is 11.1 Å². The van der Waals surface area contributed by atoms with E-state index < -0.39 is 15.8 Å². The predicted molar refractivity (Wildman–Crippen MR) is 114 cm³/mol. The summed E-state index contributed by atoms with van der Waals surface area (Å²) in [4.78, 5) is 15.0. The van der Waals surface area contributed by atoms with E-state index in [0.29, 0.717) is 23.4 Å². The summed E-state index contributed by atoms with van der Waals surface area (Å²) in [7, 11) is -3.91. The number of anilines is 1. The summed E-state index contributed by atoms with van der Waals surface area (Å²) >= 11 is 0. The third-order valence-electron chi connectivity index (χ3n) is 5.68.